The number of nitrogens with zero attached hydrogens (tertiary/aromatic N) is 3. The van der Waals surface area contributed by atoms with Gasteiger partial charge in [0.05, 0.1) is 7.11 Å². The lowest BCUT2D eigenvalue weighted by Gasteiger charge is -2.30. The summed E-state index contributed by atoms with van der Waals surface area (Å²) in [5.41, 5.74) is 2.52. The first-order chi connectivity index (χ1) is 14.0. The number of anilines is 1. The molecule has 8 heteroatoms. The van der Waals surface area contributed by atoms with Gasteiger partial charge in [-0.3, -0.25) is 9.69 Å². The molecule has 0 aromatic heterocycles. The number of ether oxygens (including phenoxy) is 1. The van der Waals surface area contributed by atoms with Gasteiger partial charge in [-0.15, -0.1) is 0 Å². The molecule has 2 aromatic carbocycles. The Kier molecular flexibility index (Phi) is 5.08. The summed E-state index contributed by atoms with van der Waals surface area (Å²) in [7, 11) is 1.62. The molecule has 1 saturated heterocycles. The van der Waals surface area contributed by atoms with Gasteiger partial charge in [-0.25, -0.2) is 13.6 Å². The Hall–Kier alpha value is -3.16. The number of halogens is 2. The molecule has 0 saturated carbocycles. The third kappa shape index (κ3) is 3.74. The van der Waals surface area contributed by atoms with Gasteiger partial charge in [0.1, 0.15) is 12.3 Å². The maximum absolute atomic E-state index is 13.5. The molecule has 2 aromatic rings. The van der Waals surface area contributed by atoms with Crippen molar-refractivity contribution in [3.63, 3.8) is 0 Å². The Morgan fingerprint density at radius 3 is 2.62 bits per heavy atom. The standard InChI is InChI=1S/C21H21F2N3O3/c1-29-17-4-2-15-12-24(7-6-14(15)10-17)20(27)13-25-8-9-26(21(25)28)16-3-5-18(22)19(23)11-16/h2-5,10-11H,6-9,12-13H2,1H3. The first-order valence-corrected chi connectivity index (χ1v) is 9.41. The van der Waals surface area contributed by atoms with Crippen LogP contribution in [0.15, 0.2) is 36.4 Å². The van der Waals surface area contributed by atoms with Crippen LogP contribution in [-0.2, 0) is 17.8 Å². The summed E-state index contributed by atoms with van der Waals surface area (Å²) in [6.07, 6.45) is 0.729. The number of hydrogen-bond acceptors (Lipinski definition) is 3. The van der Waals surface area contributed by atoms with Crippen LogP contribution in [0.25, 0.3) is 0 Å². The molecule has 3 amide bonds. The van der Waals surface area contributed by atoms with E-state index >= 15 is 0 Å². The second-order valence-corrected chi connectivity index (χ2v) is 7.15. The fraction of sp³-hybridized carbons (Fsp3) is 0.333. The number of benzene rings is 2. The van der Waals surface area contributed by atoms with E-state index in [0.29, 0.717) is 26.2 Å². The second kappa shape index (κ2) is 7.69. The zero-order valence-electron chi connectivity index (χ0n) is 16.0. The van der Waals surface area contributed by atoms with Crippen LogP contribution in [0.1, 0.15) is 11.1 Å². The zero-order valence-corrected chi connectivity index (χ0v) is 16.0. The van der Waals surface area contributed by atoms with Crippen molar-refractivity contribution >= 4 is 17.6 Å². The normalized spacial score (nSPS) is 16.2. The van der Waals surface area contributed by atoms with Crippen LogP contribution in [0.4, 0.5) is 19.3 Å². The van der Waals surface area contributed by atoms with Crippen LogP contribution in [0.5, 0.6) is 5.75 Å². The minimum Gasteiger partial charge on any atom is -0.497 e. The second-order valence-electron chi connectivity index (χ2n) is 7.15. The molecule has 4 rings (SSSR count). The summed E-state index contributed by atoms with van der Waals surface area (Å²) in [6, 6.07) is 8.78. The lowest BCUT2D eigenvalue weighted by Crippen LogP contribution is -2.44. The van der Waals surface area contributed by atoms with Crippen molar-refractivity contribution in [1.82, 2.24) is 9.80 Å². The number of urea groups is 1. The van der Waals surface area contributed by atoms with E-state index in [9.17, 15) is 18.4 Å². The molecule has 0 aliphatic carbocycles. The van der Waals surface area contributed by atoms with Crippen molar-refractivity contribution in [3.8, 4) is 5.75 Å². The maximum Gasteiger partial charge on any atom is 0.325 e. The molecule has 1 fully saturated rings. The molecular weight excluding hydrogens is 380 g/mol. The first-order valence-electron chi connectivity index (χ1n) is 9.41. The Labute approximate surface area is 167 Å². The number of amides is 3. The van der Waals surface area contributed by atoms with Crippen LogP contribution in [0, 0.1) is 11.6 Å². The number of carbonyl (C=O) groups is 2. The van der Waals surface area contributed by atoms with E-state index in [1.54, 1.807) is 12.0 Å². The molecule has 152 valence electrons. The molecule has 0 radical (unpaired) electrons. The highest BCUT2D eigenvalue weighted by Gasteiger charge is 2.33. The van der Waals surface area contributed by atoms with Crippen molar-refractivity contribution in [3.05, 3.63) is 59.2 Å². The van der Waals surface area contributed by atoms with Crippen LogP contribution in [0.3, 0.4) is 0 Å². The Balaban J connectivity index is 1.40. The fourth-order valence-corrected chi connectivity index (χ4v) is 3.75. The van der Waals surface area contributed by atoms with E-state index in [2.05, 4.69) is 0 Å². The average Bonchev–Trinajstić information content (AvgIpc) is 3.09. The summed E-state index contributed by atoms with van der Waals surface area (Å²) in [5.74, 6) is -1.31. The Morgan fingerprint density at radius 2 is 1.86 bits per heavy atom. The van der Waals surface area contributed by atoms with E-state index < -0.39 is 11.6 Å². The van der Waals surface area contributed by atoms with E-state index in [1.807, 2.05) is 18.2 Å². The molecule has 2 heterocycles. The van der Waals surface area contributed by atoms with Gasteiger partial charge in [-0.1, -0.05) is 6.07 Å². The van der Waals surface area contributed by atoms with Crippen LogP contribution in [0.2, 0.25) is 0 Å². The molecule has 0 atom stereocenters. The monoisotopic (exact) mass is 401 g/mol. The van der Waals surface area contributed by atoms with Crippen molar-refractivity contribution in [2.75, 3.05) is 38.2 Å². The van der Waals surface area contributed by atoms with E-state index in [0.717, 1.165) is 35.4 Å². The van der Waals surface area contributed by atoms with Crippen molar-refractivity contribution in [1.29, 1.82) is 0 Å². The van der Waals surface area contributed by atoms with E-state index in [1.165, 1.54) is 15.9 Å². The highest BCUT2D eigenvalue weighted by molar-refractivity contribution is 5.96. The quantitative estimate of drug-likeness (QED) is 0.792. The Bertz CT molecular complexity index is 966. The molecule has 0 spiro atoms. The minimum atomic E-state index is -1.01. The number of carbonyl (C=O) groups excluding carboxylic acids is 2. The summed E-state index contributed by atoms with van der Waals surface area (Å²) < 4.78 is 31.9. The van der Waals surface area contributed by atoms with Gasteiger partial charge in [0.2, 0.25) is 5.91 Å². The molecule has 6 nitrogen and oxygen atoms in total. The Morgan fingerprint density at radius 1 is 1.03 bits per heavy atom. The predicted octanol–water partition coefficient (Wildman–Crippen LogP) is 2.80. The van der Waals surface area contributed by atoms with Crippen LogP contribution < -0.4 is 9.64 Å². The maximum atomic E-state index is 13.5. The number of fused-ring (bicyclic) bond motifs is 1. The minimum absolute atomic E-state index is 0.0372. The molecule has 29 heavy (non-hydrogen) atoms. The van der Waals surface area contributed by atoms with Gasteiger partial charge in [0, 0.05) is 37.9 Å². The molecule has 0 bridgehead atoms. The van der Waals surface area contributed by atoms with Crippen LogP contribution >= 0.6 is 0 Å². The topological polar surface area (TPSA) is 53.1 Å². The SMILES string of the molecule is COc1ccc2c(c1)CCN(C(=O)CN1CCN(c3ccc(F)c(F)c3)C1=O)C2. The van der Waals surface area contributed by atoms with Gasteiger partial charge < -0.3 is 14.5 Å². The van der Waals surface area contributed by atoms with Gasteiger partial charge in [-0.05, 0) is 41.8 Å². The molecular formula is C21H21F2N3O3. The lowest BCUT2D eigenvalue weighted by atomic mass is 9.99. The summed E-state index contributed by atoms with van der Waals surface area (Å²) in [4.78, 5) is 29.9. The smallest absolute Gasteiger partial charge is 0.325 e. The highest BCUT2D eigenvalue weighted by Crippen LogP contribution is 2.25. The zero-order chi connectivity index (χ0) is 20.5. The van der Waals surface area contributed by atoms with E-state index in [4.69, 9.17) is 4.74 Å². The largest absolute Gasteiger partial charge is 0.497 e. The summed E-state index contributed by atoms with van der Waals surface area (Å²) >= 11 is 0. The van der Waals surface area contributed by atoms with Crippen molar-refractivity contribution in [2.24, 2.45) is 0 Å². The van der Waals surface area contributed by atoms with Crippen LogP contribution in [-0.4, -0.2) is 55.0 Å². The van der Waals surface area contributed by atoms with Crippen molar-refractivity contribution < 1.29 is 23.1 Å². The molecule has 2 aliphatic heterocycles. The molecule has 0 unspecified atom stereocenters. The predicted molar refractivity (Wildman–Crippen MR) is 103 cm³/mol. The third-order valence-electron chi connectivity index (χ3n) is 5.41. The van der Waals surface area contributed by atoms with Gasteiger partial charge in [0.15, 0.2) is 11.6 Å². The van der Waals surface area contributed by atoms with Gasteiger partial charge >= 0.3 is 6.03 Å². The highest BCUT2D eigenvalue weighted by atomic mass is 19.2. The summed E-state index contributed by atoms with van der Waals surface area (Å²) in [6.45, 7) is 1.70. The number of hydrogen-bond donors (Lipinski definition) is 0. The number of methoxy groups -OCH3 is 1. The van der Waals surface area contributed by atoms with Gasteiger partial charge in [0.25, 0.3) is 0 Å². The average molecular weight is 401 g/mol. The van der Waals surface area contributed by atoms with E-state index in [-0.39, 0.29) is 24.2 Å². The fourth-order valence-electron chi connectivity index (χ4n) is 3.75. The third-order valence-corrected chi connectivity index (χ3v) is 5.41. The summed E-state index contributed by atoms with van der Waals surface area (Å²) in [5, 5.41) is 0. The lowest BCUT2D eigenvalue weighted by molar-refractivity contribution is -0.132. The molecule has 0 N–H and O–H groups in total. The first kappa shape index (κ1) is 19.2. The number of rotatable bonds is 4. The molecule has 2 aliphatic rings. The van der Waals surface area contributed by atoms with Gasteiger partial charge in [-0.2, -0.15) is 0 Å². The van der Waals surface area contributed by atoms with Crippen molar-refractivity contribution in [2.45, 2.75) is 13.0 Å².